The number of methoxy groups -OCH3 is 1. The number of carbonyl (C=O) groups is 3. The van der Waals surface area contributed by atoms with E-state index in [1.807, 2.05) is 32.9 Å². The van der Waals surface area contributed by atoms with Crippen LogP contribution in [-0.2, 0) is 14.3 Å². The molecule has 2 aromatic rings. The molecule has 3 aliphatic rings. The Morgan fingerprint density at radius 2 is 1.79 bits per heavy atom. The minimum absolute atomic E-state index is 0.0212. The maximum Gasteiger partial charge on any atom is 0.410 e. The molecule has 0 spiro atoms. The Morgan fingerprint density at radius 1 is 1.06 bits per heavy atom. The summed E-state index contributed by atoms with van der Waals surface area (Å²) in [4.78, 5) is 46.1. The van der Waals surface area contributed by atoms with Gasteiger partial charge in [0, 0.05) is 75.2 Å². The van der Waals surface area contributed by atoms with Gasteiger partial charge in [0.15, 0.2) is 0 Å². The molecule has 0 bridgehead atoms. The van der Waals surface area contributed by atoms with Crippen LogP contribution < -0.4 is 0 Å². The molecular formula is C44H57N3O6. The molecule has 0 radical (unpaired) electrons. The van der Waals surface area contributed by atoms with Crippen LogP contribution in [0.2, 0.25) is 0 Å². The van der Waals surface area contributed by atoms with E-state index in [1.54, 1.807) is 36.3 Å². The van der Waals surface area contributed by atoms with Crippen LogP contribution in [0.25, 0.3) is 0 Å². The number of amides is 2. The monoisotopic (exact) mass is 723 g/mol. The minimum Gasteiger partial charge on any atom is -0.478 e. The first-order valence-corrected chi connectivity index (χ1v) is 19.2. The highest BCUT2D eigenvalue weighted by atomic mass is 16.6. The number of carbonyl (C=O) groups excluding carboxylic acids is 2. The van der Waals surface area contributed by atoms with Gasteiger partial charge in [0.25, 0.3) is 0 Å². The molecule has 1 aliphatic carbocycles. The van der Waals surface area contributed by atoms with Crippen molar-refractivity contribution in [3.05, 3.63) is 94.2 Å². The number of carboxylic acids is 1. The Morgan fingerprint density at radius 3 is 2.47 bits per heavy atom. The standard InChI is InChI=1S/C44H57N3O6/c1-8-31(3)47(28-36-27-45(22-10-24-52-7)40-20-13-30(2)25-38(36)40)41(48)39-29-46(43(51)53-44(4,5)6)23-21-37(39)35-12-9-11-33(26-35)15-14-32-16-18-34(19-17-32)42(49)50/h9,11-13,16-20,26,30-31,36-37,39H,8,10,21-25,27-29H2,1-7H3,(H,49,50)/t30?,31?,36?,37-,39+/m1/s1. The fraction of sp³-hybridized carbons (Fsp3) is 0.523. The van der Waals surface area contributed by atoms with Crippen molar-refractivity contribution < 1.29 is 29.0 Å². The van der Waals surface area contributed by atoms with Crippen molar-refractivity contribution in [2.75, 3.05) is 46.4 Å². The van der Waals surface area contributed by atoms with E-state index in [0.29, 0.717) is 37.6 Å². The van der Waals surface area contributed by atoms with Gasteiger partial charge in [0.1, 0.15) is 5.60 Å². The molecule has 0 saturated carbocycles. The summed E-state index contributed by atoms with van der Waals surface area (Å²) in [6.07, 6.45) is 7.57. The second kappa shape index (κ2) is 17.5. The number of carboxylic acid groups (broad SMARTS) is 1. The SMILES string of the molecule is CCC(C)N(CC1CN(CCCOC)C2=C1CC(C)C=C2)C(=O)[C@H]1CN(C(=O)OC(C)(C)C)CC[C@@H]1c1cccc(C#Cc2ccc(C(=O)O)cc2)c1. The number of rotatable bonds is 11. The third kappa shape index (κ3) is 10.1. The van der Waals surface area contributed by atoms with E-state index in [1.165, 1.54) is 11.3 Å². The van der Waals surface area contributed by atoms with Crippen LogP contribution in [0.4, 0.5) is 4.79 Å². The lowest BCUT2D eigenvalue weighted by Crippen LogP contribution is -2.53. The molecule has 9 nitrogen and oxygen atoms in total. The van der Waals surface area contributed by atoms with Gasteiger partial charge >= 0.3 is 12.1 Å². The van der Waals surface area contributed by atoms with E-state index in [0.717, 1.165) is 43.5 Å². The van der Waals surface area contributed by atoms with Crippen LogP contribution in [0.5, 0.6) is 0 Å². The minimum atomic E-state index is -0.975. The molecule has 53 heavy (non-hydrogen) atoms. The molecule has 1 saturated heterocycles. The van der Waals surface area contributed by atoms with E-state index in [-0.39, 0.29) is 35.9 Å². The van der Waals surface area contributed by atoms with E-state index < -0.39 is 23.6 Å². The quantitative estimate of drug-likeness (QED) is 0.189. The fourth-order valence-electron chi connectivity index (χ4n) is 7.76. The summed E-state index contributed by atoms with van der Waals surface area (Å²) >= 11 is 0. The van der Waals surface area contributed by atoms with Gasteiger partial charge in [-0.2, -0.15) is 0 Å². The van der Waals surface area contributed by atoms with Crippen LogP contribution >= 0.6 is 0 Å². The smallest absolute Gasteiger partial charge is 0.410 e. The Balaban J connectivity index is 1.44. The van der Waals surface area contributed by atoms with Crippen LogP contribution in [0.3, 0.4) is 0 Å². The summed E-state index contributed by atoms with van der Waals surface area (Å²) in [5.41, 5.74) is 4.86. The summed E-state index contributed by atoms with van der Waals surface area (Å²) in [5.74, 6) is 5.59. The first-order valence-electron chi connectivity index (χ1n) is 19.2. The van der Waals surface area contributed by atoms with Gasteiger partial charge in [0.2, 0.25) is 5.91 Å². The highest BCUT2D eigenvalue weighted by Gasteiger charge is 2.42. The maximum absolute atomic E-state index is 15.1. The Hall–Kier alpha value is -4.55. The molecule has 5 rings (SSSR count). The summed E-state index contributed by atoms with van der Waals surface area (Å²) in [6, 6.07) is 14.6. The third-order valence-corrected chi connectivity index (χ3v) is 10.7. The molecule has 5 atom stereocenters. The zero-order chi connectivity index (χ0) is 38.3. The number of aromatic carboxylic acids is 1. The normalized spacial score (nSPS) is 21.8. The highest BCUT2D eigenvalue weighted by molar-refractivity contribution is 5.87. The largest absolute Gasteiger partial charge is 0.478 e. The topological polar surface area (TPSA) is 99.6 Å². The molecule has 284 valence electrons. The first kappa shape index (κ1) is 39.7. The van der Waals surface area contributed by atoms with Gasteiger partial charge in [-0.15, -0.1) is 0 Å². The average Bonchev–Trinajstić information content (AvgIpc) is 3.47. The zero-order valence-electron chi connectivity index (χ0n) is 32.6. The van der Waals surface area contributed by atoms with Crippen LogP contribution in [-0.4, -0.2) is 95.9 Å². The van der Waals surface area contributed by atoms with Crippen molar-refractivity contribution in [2.24, 2.45) is 17.8 Å². The third-order valence-electron chi connectivity index (χ3n) is 10.7. The molecule has 2 aromatic carbocycles. The van der Waals surface area contributed by atoms with Crippen molar-refractivity contribution in [3.8, 4) is 11.8 Å². The van der Waals surface area contributed by atoms with Gasteiger partial charge in [0.05, 0.1) is 11.5 Å². The molecule has 0 aromatic heterocycles. The summed E-state index contributed by atoms with van der Waals surface area (Å²) in [7, 11) is 1.74. The molecule has 3 unspecified atom stereocenters. The lowest BCUT2D eigenvalue weighted by molar-refractivity contribution is -0.140. The van der Waals surface area contributed by atoms with Gasteiger partial charge in [-0.05, 0) is 119 Å². The van der Waals surface area contributed by atoms with Crippen LogP contribution in [0.15, 0.2) is 72.0 Å². The predicted octanol–water partition coefficient (Wildman–Crippen LogP) is 7.57. The summed E-state index contributed by atoms with van der Waals surface area (Å²) in [5, 5.41) is 9.24. The lowest BCUT2D eigenvalue weighted by atomic mass is 9.78. The number of allylic oxidation sites excluding steroid dienone is 2. The lowest BCUT2D eigenvalue weighted by Gasteiger charge is -2.42. The number of nitrogens with zero attached hydrogens (tertiary/aromatic N) is 3. The van der Waals surface area contributed by atoms with Gasteiger partial charge in [-0.3, -0.25) is 4.79 Å². The number of benzene rings is 2. The number of likely N-dealkylation sites (tertiary alicyclic amines) is 1. The fourth-order valence-corrected chi connectivity index (χ4v) is 7.76. The summed E-state index contributed by atoms with van der Waals surface area (Å²) in [6.45, 7) is 16.0. The predicted molar refractivity (Wildman–Crippen MR) is 207 cm³/mol. The first-order chi connectivity index (χ1) is 25.3. The molecule has 9 heteroatoms. The number of hydrogen-bond donors (Lipinski definition) is 1. The molecule has 1 fully saturated rings. The van der Waals surface area contributed by atoms with Crippen molar-refractivity contribution in [1.29, 1.82) is 0 Å². The van der Waals surface area contributed by atoms with Crippen LogP contribution in [0.1, 0.15) is 100 Å². The van der Waals surface area contributed by atoms with Crippen molar-refractivity contribution in [1.82, 2.24) is 14.7 Å². The maximum atomic E-state index is 15.1. The van der Waals surface area contributed by atoms with E-state index in [9.17, 15) is 14.7 Å². The zero-order valence-corrected chi connectivity index (χ0v) is 32.6. The highest BCUT2D eigenvalue weighted by Crippen LogP contribution is 2.40. The average molecular weight is 724 g/mol. The van der Waals surface area contributed by atoms with Gasteiger partial charge in [-0.1, -0.05) is 43.9 Å². The van der Waals surface area contributed by atoms with E-state index >= 15 is 4.79 Å². The number of piperidine rings is 1. The van der Waals surface area contributed by atoms with Crippen molar-refractivity contribution >= 4 is 18.0 Å². The molecule has 2 aliphatic heterocycles. The summed E-state index contributed by atoms with van der Waals surface area (Å²) < 4.78 is 11.2. The molecular weight excluding hydrogens is 666 g/mol. The van der Waals surface area contributed by atoms with Crippen molar-refractivity contribution in [3.63, 3.8) is 0 Å². The second-order valence-electron chi connectivity index (χ2n) is 15.9. The second-order valence-corrected chi connectivity index (χ2v) is 15.9. The van der Waals surface area contributed by atoms with E-state index in [4.69, 9.17) is 9.47 Å². The Bertz CT molecular complexity index is 1750. The van der Waals surface area contributed by atoms with Crippen LogP contribution in [0, 0.1) is 29.6 Å². The van der Waals surface area contributed by atoms with E-state index in [2.05, 4.69) is 66.7 Å². The van der Waals surface area contributed by atoms with Crippen molar-refractivity contribution in [2.45, 2.75) is 84.8 Å². The number of ether oxygens (including phenoxy) is 2. The Labute approximate surface area is 316 Å². The molecule has 1 N–H and O–H groups in total. The molecule has 2 amide bonds. The molecule has 2 heterocycles. The number of hydrogen-bond acceptors (Lipinski definition) is 6. The van der Waals surface area contributed by atoms with Gasteiger partial charge < -0.3 is 29.3 Å². The van der Waals surface area contributed by atoms with Gasteiger partial charge in [-0.25, -0.2) is 9.59 Å². The Kier molecular flexibility index (Phi) is 13.1.